The third-order valence-corrected chi connectivity index (χ3v) is 3.88. The molecular weight excluding hydrogens is 319 g/mol. The molecular formula is C15H13FN4O2S. The molecule has 1 amide bonds. The lowest BCUT2D eigenvalue weighted by Gasteiger charge is -2.02. The number of carbonyl (C=O) groups is 1. The quantitative estimate of drug-likeness (QED) is 0.759. The highest BCUT2D eigenvalue weighted by Gasteiger charge is 2.10. The highest BCUT2D eigenvalue weighted by atomic mass is 32.2. The molecule has 0 unspecified atom stereocenters. The first kappa shape index (κ1) is 15.3. The van der Waals surface area contributed by atoms with Gasteiger partial charge in [0.25, 0.3) is 0 Å². The Morgan fingerprint density at radius 1 is 1.43 bits per heavy atom. The predicted molar refractivity (Wildman–Crippen MR) is 85.1 cm³/mol. The van der Waals surface area contributed by atoms with Crippen molar-refractivity contribution >= 4 is 35.0 Å². The summed E-state index contributed by atoms with van der Waals surface area (Å²) in [6.07, 6.45) is 1.02. The van der Waals surface area contributed by atoms with Gasteiger partial charge in [0.05, 0.1) is 12.1 Å². The van der Waals surface area contributed by atoms with E-state index in [2.05, 4.69) is 20.3 Å². The highest BCUT2D eigenvalue weighted by Crippen LogP contribution is 2.30. The molecule has 0 spiro atoms. The van der Waals surface area contributed by atoms with Crippen molar-refractivity contribution in [2.24, 2.45) is 0 Å². The Balaban J connectivity index is 1.82. The largest absolute Gasteiger partial charge is 0.450 e. The standard InChI is InChI=1S/C15H13FN4O2S/c1-2-22-15(21)20-14-18-11-7-9(8-17-13(11)19-14)23-12-6-4-3-5-10(12)16/h3-8H,2H2,1H3,(H2,17,18,19,20,21). The normalized spacial score (nSPS) is 10.7. The number of nitrogens with zero attached hydrogens (tertiary/aromatic N) is 2. The van der Waals surface area contributed by atoms with Crippen molar-refractivity contribution in [3.05, 3.63) is 42.3 Å². The molecule has 0 atom stereocenters. The maximum Gasteiger partial charge on any atom is 0.413 e. The van der Waals surface area contributed by atoms with E-state index >= 15 is 0 Å². The molecule has 118 valence electrons. The second-order valence-electron chi connectivity index (χ2n) is 4.51. The molecule has 1 aromatic carbocycles. The van der Waals surface area contributed by atoms with Crippen LogP contribution in [0.2, 0.25) is 0 Å². The van der Waals surface area contributed by atoms with Gasteiger partial charge in [0, 0.05) is 16.0 Å². The Labute approximate surface area is 135 Å². The van der Waals surface area contributed by atoms with Gasteiger partial charge in [0.1, 0.15) is 5.82 Å². The van der Waals surface area contributed by atoms with Crippen molar-refractivity contribution in [3.63, 3.8) is 0 Å². The lowest BCUT2D eigenvalue weighted by Crippen LogP contribution is -2.14. The molecule has 3 aromatic rings. The zero-order valence-corrected chi connectivity index (χ0v) is 13.0. The topological polar surface area (TPSA) is 79.9 Å². The van der Waals surface area contributed by atoms with E-state index in [0.29, 0.717) is 16.1 Å². The Morgan fingerprint density at radius 2 is 2.26 bits per heavy atom. The first-order valence-corrected chi connectivity index (χ1v) is 7.69. The molecule has 0 aliphatic heterocycles. The van der Waals surface area contributed by atoms with Crippen molar-refractivity contribution in [2.75, 3.05) is 11.9 Å². The Morgan fingerprint density at radius 3 is 3.04 bits per heavy atom. The van der Waals surface area contributed by atoms with E-state index in [1.807, 2.05) is 0 Å². The fourth-order valence-electron chi connectivity index (χ4n) is 1.91. The maximum absolute atomic E-state index is 13.7. The van der Waals surface area contributed by atoms with Gasteiger partial charge in [-0.25, -0.2) is 14.2 Å². The van der Waals surface area contributed by atoms with Crippen LogP contribution in [-0.2, 0) is 4.74 Å². The number of pyridine rings is 1. The molecule has 0 radical (unpaired) electrons. The second-order valence-corrected chi connectivity index (χ2v) is 5.62. The molecule has 0 aliphatic carbocycles. The number of ether oxygens (including phenoxy) is 1. The smallest absolute Gasteiger partial charge is 0.413 e. The predicted octanol–water partition coefficient (Wildman–Crippen LogP) is 3.82. The van der Waals surface area contributed by atoms with Gasteiger partial charge in [-0.15, -0.1) is 0 Å². The fourth-order valence-corrected chi connectivity index (χ4v) is 2.76. The summed E-state index contributed by atoms with van der Waals surface area (Å²) in [6.45, 7) is 1.99. The average Bonchev–Trinajstić information content (AvgIpc) is 2.91. The van der Waals surface area contributed by atoms with Crippen LogP contribution in [0.15, 0.2) is 46.3 Å². The molecule has 8 heteroatoms. The number of amides is 1. The number of hydrogen-bond acceptors (Lipinski definition) is 5. The summed E-state index contributed by atoms with van der Waals surface area (Å²) in [5.41, 5.74) is 1.09. The van der Waals surface area contributed by atoms with Gasteiger partial charge in [-0.1, -0.05) is 23.9 Å². The summed E-state index contributed by atoms with van der Waals surface area (Å²) in [4.78, 5) is 23.9. The SMILES string of the molecule is CCOC(=O)Nc1nc2ncc(Sc3ccccc3F)cc2[nH]1. The van der Waals surface area contributed by atoms with E-state index in [-0.39, 0.29) is 18.4 Å². The summed E-state index contributed by atoms with van der Waals surface area (Å²) >= 11 is 1.26. The van der Waals surface area contributed by atoms with Crippen LogP contribution in [0, 0.1) is 5.82 Å². The maximum atomic E-state index is 13.7. The minimum Gasteiger partial charge on any atom is -0.450 e. The zero-order valence-electron chi connectivity index (χ0n) is 12.2. The lowest BCUT2D eigenvalue weighted by atomic mass is 10.3. The van der Waals surface area contributed by atoms with E-state index in [0.717, 1.165) is 4.90 Å². The minimum atomic E-state index is -0.590. The minimum absolute atomic E-state index is 0.249. The van der Waals surface area contributed by atoms with Crippen LogP contribution >= 0.6 is 11.8 Å². The first-order chi connectivity index (χ1) is 11.2. The molecule has 3 rings (SSSR count). The third kappa shape index (κ3) is 3.59. The Bertz CT molecular complexity index is 852. The van der Waals surface area contributed by atoms with Gasteiger partial charge in [0.2, 0.25) is 5.95 Å². The molecule has 6 nitrogen and oxygen atoms in total. The molecule has 23 heavy (non-hydrogen) atoms. The van der Waals surface area contributed by atoms with Gasteiger partial charge in [-0.05, 0) is 25.1 Å². The van der Waals surface area contributed by atoms with Crippen LogP contribution in [0.4, 0.5) is 15.1 Å². The van der Waals surface area contributed by atoms with Gasteiger partial charge >= 0.3 is 6.09 Å². The number of benzene rings is 1. The molecule has 2 heterocycles. The number of imidazole rings is 1. The number of rotatable bonds is 4. The number of hydrogen-bond donors (Lipinski definition) is 2. The second kappa shape index (κ2) is 6.66. The number of anilines is 1. The van der Waals surface area contributed by atoms with E-state index in [4.69, 9.17) is 4.74 Å². The molecule has 0 aliphatic rings. The lowest BCUT2D eigenvalue weighted by molar-refractivity contribution is 0.167. The van der Waals surface area contributed by atoms with Crippen LogP contribution in [0.25, 0.3) is 11.2 Å². The van der Waals surface area contributed by atoms with E-state index in [9.17, 15) is 9.18 Å². The van der Waals surface area contributed by atoms with Crippen molar-refractivity contribution in [1.82, 2.24) is 15.0 Å². The van der Waals surface area contributed by atoms with Crippen molar-refractivity contribution in [2.45, 2.75) is 16.7 Å². The summed E-state index contributed by atoms with van der Waals surface area (Å²) < 4.78 is 18.5. The van der Waals surface area contributed by atoms with Crippen LogP contribution in [0.1, 0.15) is 6.92 Å². The van der Waals surface area contributed by atoms with Crippen molar-refractivity contribution in [1.29, 1.82) is 0 Å². The Kier molecular flexibility index (Phi) is 4.42. The number of carbonyl (C=O) groups excluding carboxylic acids is 1. The Hall–Kier alpha value is -2.61. The number of aromatic amines is 1. The summed E-state index contributed by atoms with van der Waals surface area (Å²) in [6, 6.07) is 8.32. The van der Waals surface area contributed by atoms with E-state index in [1.165, 1.54) is 17.8 Å². The summed E-state index contributed by atoms with van der Waals surface area (Å²) in [7, 11) is 0. The van der Waals surface area contributed by atoms with Crippen molar-refractivity contribution < 1.29 is 13.9 Å². The van der Waals surface area contributed by atoms with Gasteiger partial charge in [-0.3, -0.25) is 5.32 Å². The summed E-state index contributed by atoms with van der Waals surface area (Å²) in [5, 5.41) is 2.48. The number of H-pyrrole nitrogens is 1. The van der Waals surface area contributed by atoms with Crippen LogP contribution in [-0.4, -0.2) is 27.7 Å². The fraction of sp³-hybridized carbons (Fsp3) is 0.133. The number of nitrogens with one attached hydrogen (secondary N) is 2. The molecule has 2 aromatic heterocycles. The van der Waals surface area contributed by atoms with E-state index in [1.54, 1.807) is 37.4 Å². The van der Waals surface area contributed by atoms with Crippen LogP contribution in [0.5, 0.6) is 0 Å². The summed E-state index contributed by atoms with van der Waals surface area (Å²) in [5.74, 6) is -0.0362. The number of halogens is 1. The molecule has 0 bridgehead atoms. The average molecular weight is 332 g/mol. The first-order valence-electron chi connectivity index (χ1n) is 6.87. The highest BCUT2D eigenvalue weighted by molar-refractivity contribution is 7.99. The zero-order chi connectivity index (χ0) is 16.2. The number of fused-ring (bicyclic) bond motifs is 1. The van der Waals surface area contributed by atoms with Gasteiger partial charge in [-0.2, -0.15) is 4.98 Å². The van der Waals surface area contributed by atoms with Crippen molar-refractivity contribution in [3.8, 4) is 0 Å². The monoisotopic (exact) mass is 332 g/mol. The van der Waals surface area contributed by atoms with Gasteiger partial charge in [0.15, 0.2) is 5.65 Å². The van der Waals surface area contributed by atoms with Crippen LogP contribution in [0.3, 0.4) is 0 Å². The molecule has 0 fully saturated rings. The molecule has 2 N–H and O–H groups in total. The third-order valence-electron chi connectivity index (χ3n) is 2.87. The molecule has 0 saturated heterocycles. The van der Waals surface area contributed by atoms with E-state index < -0.39 is 6.09 Å². The van der Waals surface area contributed by atoms with Gasteiger partial charge < -0.3 is 9.72 Å². The number of aromatic nitrogens is 3. The molecule has 0 saturated carbocycles. The van der Waals surface area contributed by atoms with Crippen LogP contribution < -0.4 is 5.32 Å².